The number of ether oxygens (including phenoxy) is 1. The molecule has 0 heterocycles. The van der Waals surface area contributed by atoms with Gasteiger partial charge in [0.25, 0.3) is 0 Å². The Balaban J connectivity index is 2.85. The molecule has 0 fully saturated rings. The van der Waals surface area contributed by atoms with E-state index < -0.39 is 29.4 Å². The van der Waals surface area contributed by atoms with Crippen LogP contribution in [0, 0.1) is 17.8 Å². The van der Waals surface area contributed by atoms with E-state index in [-0.39, 0.29) is 5.92 Å². The number of carboxylic acid groups (broad SMARTS) is 1. The lowest BCUT2D eigenvalue weighted by atomic mass is 9.82. The summed E-state index contributed by atoms with van der Waals surface area (Å²) in [5.74, 6) is -2.41. The van der Waals surface area contributed by atoms with Crippen molar-refractivity contribution in [2.75, 3.05) is 0 Å². The molecule has 0 aliphatic heterocycles. The predicted molar refractivity (Wildman–Crippen MR) is 99.3 cm³/mol. The van der Waals surface area contributed by atoms with Crippen molar-refractivity contribution < 1.29 is 19.4 Å². The summed E-state index contributed by atoms with van der Waals surface area (Å²) in [7, 11) is 0. The molecule has 0 radical (unpaired) electrons. The Hall–Kier alpha value is -1.84. The van der Waals surface area contributed by atoms with Gasteiger partial charge in [-0.1, -0.05) is 44.2 Å². The molecule has 0 aliphatic carbocycles. The molecule has 0 bridgehead atoms. The Morgan fingerprint density at radius 3 is 2.16 bits per heavy atom. The van der Waals surface area contributed by atoms with Gasteiger partial charge in [-0.05, 0) is 57.9 Å². The lowest BCUT2D eigenvalue weighted by Crippen LogP contribution is -2.36. The first-order valence-corrected chi connectivity index (χ1v) is 9.09. The normalized spacial score (nSPS) is 14.2. The van der Waals surface area contributed by atoms with Gasteiger partial charge < -0.3 is 9.84 Å². The van der Waals surface area contributed by atoms with Gasteiger partial charge in [0.05, 0.1) is 11.8 Å². The van der Waals surface area contributed by atoms with Crippen molar-refractivity contribution in [3.05, 3.63) is 35.9 Å². The van der Waals surface area contributed by atoms with Gasteiger partial charge in [-0.15, -0.1) is 0 Å². The van der Waals surface area contributed by atoms with Gasteiger partial charge in [0, 0.05) is 0 Å². The van der Waals surface area contributed by atoms with Crippen LogP contribution >= 0.6 is 0 Å². The molecule has 0 aromatic heterocycles. The van der Waals surface area contributed by atoms with Crippen LogP contribution in [0.1, 0.15) is 59.4 Å². The van der Waals surface area contributed by atoms with Gasteiger partial charge in [0.15, 0.2) is 0 Å². The second-order valence-corrected chi connectivity index (χ2v) is 8.09. The lowest BCUT2D eigenvalue weighted by molar-refractivity contribution is -0.167. The van der Waals surface area contributed by atoms with Crippen molar-refractivity contribution >= 4 is 11.9 Å². The number of carbonyl (C=O) groups excluding carboxylic acids is 1. The van der Waals surface area contributed by atoms with Crippen LogP contribution in [0.5, 0.6) is 0 Å². The molecular formula is C21H32O4. The first-order chi connectivity index (χ1) is 11.6. The number of aryl methyl sites for hydroxylation is 1. The van der Waals surface area contributed by atoms with E-state index in [1.54, 1.807) is 0 Å². The van der Waals surface area contributed by atoms with E-state index in [1.807, 2.05) is 65.0 Å². The average Bonchev–Trinajstić information content (AvgIpc) is 2.48. The van der Waals surface area contributed by atoms with E-state index in [9.17, 15) is 14.7 Å². The molecule has 0 unspecified atom stereocenters. The quantitative estimate of drug-likeness (QED) is 0.656. The number of rotatable bonds is 9. The average molecular weight is 348 g/mol. The lowest BCUT2D eigenvalue weighted by Gasteiger charge is -2.28. The van der Waals surface area contributed by atoms with Crippen LogP contribution in [-0.4, -0.2) is 22.6 Å². The van der Waals surface area contributed by atoms with E-state index >= 15 is 0 Å². The summed E-state index contributed by atoms with van der Waals surface area (Å²) in [5.41, 5.74) is 0.580. The minimum absolute atomic E-state index is 0.208. The van der Waals surface area contributed by atoms with Gasteiger partial charge >= 0.3 is 11.9 Å². The fraction of sp³-hybridized carbons (Fsp3) is 0.619. The van der Waals surface area contributed by atoms with Crippen LogP contribution < -0.4 is 0 Å². The van der Waals surface area contributed by atoms with E-state index in [0.717, 1.165) is 12.8 Å². The number of carboxylic acids is 1. The molecular weight excluding hydrogens is 316 g/mol. The maximum atomic E-state index is 12.6. The first kappa shape index (κ1) is 21.2. The van der Waals surface area contributed by atoms with Crippen molar-refractivity contribution in [3.8, 4) is 0 Å². The Morgan fingerprint density at radius 1 is 1.08 bits per heavy atom. The predicted octanol–water partition coefficient (Wildman–Crippen LogP) is 4.71. The van der Waals surface area contributed by atoms with Crippen molar-refractivity contribution in [1.29, 1.82) is 0 Å². The van der Waals surface area contributed by atoms with E-state index in [1.165, 1.54) is 5.56 Å². The molecule has 0 amide bonds. The standard InChI is InChI=1S/C21H32O4/c1-15(2)14-18(19(22)23)17(20(24)25-21(3,4)5)13-9-12-16-10-7-6-8-11-16/h6-8,10-11,15,17-18H,9,12-14H2,1-5H3,(H,22,23)/t17-,18+/m1/s1. The maximum absolute atomic E-state index is 12.6. The third-order valence-corrected chi connectivity index (χ3v) is 4.06. The zero-order valence-corrected chi connectivity index (χ0v) is 16.1. The molecule has 0 saturated carbocycles. The van der Waals surface area contributed by atoms with E-state index in [4.69, 9.17) is 4.74 Å². The summed E-state index contributed by atoms with van der Waals surface area (Å²) in [4.78, 5) is 24.4. The fourth-order valence-corrected chi connectivity index (χ4v) is 2.98. The highest BCUT2D eigenvalue weighted by Gasteiger charge is 2.36. The molecule has 0 saturated heterocycles. The Morgan fingerprint density at radius 2 is 1.68 bits per heavy atom. The molecule has 1 N–H and O–H groups in total. The van der Waals surface area contributed by atoms with Crippen LogP contribution in [0.15, 0.2) is 30.3 Å². The molecule has 0 spiro atoms. The highest BCUT2D eigenvalue weighted by Crippen LogP contribution is 2.28. The molecule has 4 heteroatoms. The van der Waals surface area contributed by atoms with Gasteiger partial charge in [-0.2, -0.15) is 0 Å². The summed E-state index contributed by atoms with van der Waals surface area (Å²) in [6, 6.07) is 10.0. The molecule has 1 rings (SSSR count). The topological polar surface area (TPSA) is 63.6 Å². The minimum Gasteiger partial charge on any atom is -0.481 e. The number of hydrogen-bond donors (Lipinski definition) is 1. The largest absolute Gasteiger partial charge is 0.481 e. The minimum atomic E-state index is -0.913. The van der Waals surface area contributed by atoms with Gasteiger partial charge in [-0.25, -0.2) is 0 Å². The maximum Gasteiger partial charge on any atom is 0.310 e. The number of esters is 1. The summed E-state index contributed by atoms with van der Waals surface area (Å²) in [5, 5.41) is 9.65. The Labute approximate surface area is 151 Å². The van der Waals surface area contributed by atoms with Crippen LogP contribution in [0.3, 0.4) is 0 Å². The fourth-order valence-electron chi connectivity index (χ4n) is 2.98. The summed E-state index contributed by atoms with van der Waals surface area (Å²) >= 11 is 0. The van der Waals surface area contributed by atoms with Crippen LogP contribution in [-0.2, 0) is 20.7 Å². The van der Waals surface area contributed by atoms with Gasteiger partial charge in [0.1, 0.15) is 5.60 Å². The van der Waals surface area contributed by atoms with Crippen LogP contribution in [0.25, 0.3) is 0 Å². The molecule has 25 heavy (non-hydrogen) atoms. The molecule has 4 nitrogen and oxygen atoms in total. The summed E-state index contributed by atoms with van der Waals surface area (Å²) in [6.07, 6.45) is 2.59. The third kappa shape index (κ3) is 8.19. The van der Waals surface area contributed by atoms with Crippen molar-refractivity contribution in [2.45, 2.75) is 65.9 Å². The molecule has 2 atom stereocenters. The highest BCUT2D eigenvalue weighted by molar-refractivity contribution is 5.81. The molecule has 140 valence electrons. The zero-order chi connectivity index (χ0) is 19.0. The second-order valence-electron chi connectivity index (χ2n) is 8.09. The summed E-state index contributed by atoms with van der Waals surface area (Å²) < 4.78 is 5.51. The zero-order valence-electron chi connectivity index (χ0n) is 16.1. The number of carbonyl (C=O) groups is 2. The van der Waals surface area contributed by atoms with E-state index in [0.29, 0.717) is 12.8 Å². The van der Waals surface area contributed by atoms with Gasteiger partial charge in [0.2, 0.25) is 0 Å². The number of hydrogen-bond acceptors (Lipinski definition) is 3. The SMILES string of the molecule is CC(C)C[C@H](C(=O)O)[C@@H](CCCc1ccccc1)C(=O)OC(C)(C)C. The highest BCUT2D eigenvalue weighted by atomic mass is 16.6. The van der Waals surface area contributed by atoms with Gasteiger partial charge in [-0.3, -0.25) is 9.59 Å². The van der Waals surface area contributed by atoms with Crippen molar-refractivity contribution in [1.82, 2.24) is 0 Å². The van der Waals surface area contributed by atoms with E-state index in [2.05, 4.69) is 0 Å². The third-order valence-electron chi connectivity index (χ3n) is 4.06. The second kappa shape index (κ2) is 9.59. The summed E-state index contributed by atoms with van der Waals surface area (Å²) in [6.45, 7) is 9.39. The van der Waals surface area contributed by atoms with Crippen LogP contribution in [0.4, 0.5) is 0 Å². The molecule has 0 aliphatic rings. The Bertz CT molecular complexity index is 543. The first-order valence-electron chi connectivity index (χ1n) is 9.09. The van der Waals surface area contributed by atoms with Crippen LogP contribution in [0.2, 0.25) is 0 Å². The smallest absolute Gasteiger partial charge is 0.310 e. The number of benzene rings is 1. The molecule has 1 aromatic rings. The van der Waals surface area contributed by atoms with Crippen molar-refractivity contribution in [3.63, 3.8) is 0 Å². The monoisotopic (exact) mass is 348 g/mol. The molecule has 1 aromatic carbocycles. The van der Waals surface area contributed by atoms with Crippen molar-refractivity contribution in [2.24, 2.45) is 17.8 Å². The number of aliphatic carboxylic acids is 1. The Kier molecular flexibility index (Phi) is 8.14.